The van der Waals surface area contributed by atoms with Gasteiger partial charge in [-0.3, -0.25) is 23.6 Å². The smallest absolute Gasteiger partial charge is 0.332 e. The fourth-order valence-electron chi connectivity index (χ4n) is 2.23. The zero-order valence-electron chi connectivity index (χ0n) is 14.4. The Balaban J connectivity index is 3.21. The molecule has 0 unspecified atom stereocenters. The highest BCUT2D eigenvalue weighted by Crippen LogP contribution is 2.23. The van der Waals surface area contributed by atoms with Crippen LogP contribution in [0, 0.1) is 5.41 Å². The standard InChI is InChI=1S/C15H26N4O3/c1-9(15(2,3)4)17(5)8-10(20)11-12(16)18(6)14(22)19(7)13(11)21/h9H,8,16H2,1-7H3/t9-/m1/s1. The molecule has 0 aromatic carbocycles. The van der Waals surface area contributed by atoms with Gasteiger partial charge in [0, 0.05) is 20.1 Å². The van der Waals surface area contributed by atoms with Gasteiger partial charge in [-0.2, -0.15) is 0 Å². The molecular weight excluding hydrogens is 284 g/mol. The van der Waals surface area contributed by atoms with Crippen LogP contribution in [0.25, 0.3) is 0 Å². The van der Waals surface area contributed by atoms with Crippen molar-refractivity contribution in [2.45, 2.75) is 33.7 Å². The number of nitrogen functional groups attached to an aromatic ring is 1. The second kappa shape index (κ2) is 6.08. The number of hydrogen-bond acceptors (Lipinski definition) is 5. The molecule has 0 aliphatic rings. The summed E-state index contributed by atoms with van der Waals surface area (Å²) in [5.41, 5.74) is 4.47. The Hall–Kier alpha value is -1.89. The summed E-state index contributed by atoms with van der Waals surface area (Å²) in [5.74, 6) is -0.470. The summed E-state index contributed by atoms with van der Waals surface area (Å²) in [6, 6.07) is 0.133. The Labute approximate surface area is 130 Å². The lowest BCUT2D eigenvalue weighted by molar-refractivity contribution is 0.0851. The Morgan fingerprint density at radius 2 is 1.73 bits per heavy atom. The predicted molar refractivity (Wildman–Crippen MR) is 87.2 cm³/mol. The minimum absolute atomic E-state index is 0.00488. The third kappa shape index (κ3) is 3.30. The lowest BCUT2D eigenvalue weighted by Gasteiger charge is -2.35. The van der Waals surface area contributed by atoms with Crippen molar-refractivity contribution < 1.29 is 4.79 Å². The third-order valence-corrected chi connectivity index (χ3v) is 4.30. The van der Waals surface area contributed by atoms with Gasteiger partial charge in [-0.05, 0) is 19.4 Å². The Morgan fingerprint density at radius 1 is 1.23 bits per heavy atom. The average Bonchev–Trinajstić information content (AvgIpc) is 2.41. The molecule has 1 atom stereocenters. The van der Waals surface area contributed by atoms with Gasteiger partial charge in [0.25, 0.3) is 5.56 Å². The second-order valence-electron chi connectivity index (χ2n) is 6.85. The Morgan fingerprint density at radius 3 is 2.18 bits per heavy atom. The molecule has 0 saturated heterocycles. The number of nitrogens with zero attached hydrogens (tertiary/aromatic N) is 3. The summed E-state index contributed by atoms with van der Waals surface area (Å²) >= 11 is 0. The van der Waals surface area contributed by atoms with Crippen molar-refractivity contribution in [1.29, 1.82) is 0 Å². The van der Waals surface area contributed by atoms with Crippen molar-refractivity contribution in [1.82, 2.24) is 14.0 Å². The number of rotatable bonds is 4. The van der Waals surface area contributed by atoms with Crippen LogP contribution >= 0.6 is 0 Å². The van der Waals surface area contributed by atoms with Crippen LogP contribution in [0.1, 0.15) is 38.1 Å². The number of likely N-dealkylation sites (N-methyl/N-ethyl adjacent to an activating group) is 1. The molecule has 1 rings (SSSR count). The lowest BCUT2D eigenvalue weighted by atomic mass is 9.87. The van der Waals surface area contributed by atoms with Gasteiger partial charge in [-0.1, -0.05) is 20.8 Å². The molecule has 7 heteroatoms. The molecule has 7 nitrogen and oxygen atoms in total. The fourth-order valence-corrected chi connectivity index (χ4v) is 2.23. The maximum Gasteiger partial charge on any atom is 0.332 e. The molecule has 0 radical (unpaired) electrons. The van der Waals surface area contributed by atoms with E-state index in [0.29, 0.717) is 0 Å². The third-order valence-electron chi connectivity index (χ3n) is 4.30. The minimum Gasteiger partial charge on any atom is -0.384 e. The second-order valence-corrected chi connectivity index (χ2v) is 6.85. The van der Waals surface area contributed by atoms with Crippen molar-refractivity contribution >= 4 is 11.6 Å². The first-order valence-corrected chi connectivity index (χ1v) is 7.18. The fraction of sp³-hybridized carbons (Fsp3) is 0.667. The van der Waals surface area contributed by atoms with Crippen molar-refractivity contribution in [3.63, 3.8) is 0 Å². The van der Waals surface area contributed by atoms with E-state index >= 15 is 0 Å². The van der Waals surface area contributed by atoms with Gasteiger partial charge in [0.1, 0.15) is 11.4 Å². The molecule has 0 aliphatic carbocycles. The molecule has 22 heavy (non-hydrogen) atoms. The van der Waals surface area contributed by atoms with Gasteiger partial charge in [0.2, 0.25) is 0 Å². The van der Waals surface area contributed by atoms with Gasteiger partial charge in [-0.15, -0.1) is 0 Å². The van der Waals surface area contributed by atoms with Gasteiger partial charge in [-0.25, -0.2) is 4.79 Å². The van der Waals surface area contributed by atoms with E-state index in [1.165, 1.54) is 14.1 Å². The van der Waals surface area contributed by atoms with Crippen LogP contribution in [-0.4, -0.2) is 39.5 Å². The zero-order chi connectivity index (χ0) is 17.4. The zero-order valence-corrected chi connectivity index (χ0v) is 14.4. The van der Waals surface area contributed by atoms with E-state index in [1.54, 1.807) is 0 Å². The maximum atomic E-state index is 12.5. The molecular formula is C15H26N4O3. The van der Waals surface area contributed by atoms with E-state index in [-0.39, 0.29) is 35.2 Å². The molecule has 1 heterocycles. The van der Waals surface area contributed by atoms with Crippen LogP contribution in [0.4, 0.5) is 5.82 Å². The highest BCUT2D eigenvalue weighted by molar-refractivity contribution is 6.01. The van der Waals surface area contributed by atoms with E-state index in [2.05, 4.69) is 20.8 Å². The average molecular weight is 310 g/mol. The van der Waals surface area contributed by atoms with Crippen molar-refractivity contribution in [3.05, 3.63) is 26.4 Å². The largest absolute Gasteiger partial charge is 0.384 e. The van der Waals surface area contributed by atoms with Gasteiger partial charge < -0.3 is 5.73 Å². The first-order chi connectivity index (χ1) is 9.89. The first kappa shape index (κ1) is 18.2. The maximum absolute atomic E-state index is 12.5. The molecule has 1 aromatic heterocycles. The molecule has 0 fully saturated rings. The predicted octanol–water partition coefficient (Wildman–Crippen LogP) is 0.215. The molecule has 0 spiro atoms. The first-order valence-electron chi connectivity index (χ1n) is 7.18. The quantitative estimate of drug-likeness (QED) is 0.803. The van der Waals surface area contributed by atoms with E-state index < -0.39 is 11.2 Å². The molecule has 0 bridgehead atoms. The van der Waals surface area contributed by atoms with E-state index in [1.807, 2.05) is 18.9 Å². The highest BCUT2D eigenvalue weighted by atomic mass is 16.2. The normalized spacial score (nSPS) is 13.5. The van der Waals surface area contributed by atoms with Gasteiger partial charge in [0.05, 0.1) is 6.54 Å². The topological polar surface area (TPSA) is 90.3 Å². The molecule has 1 aromatic rings. The number of hydrogen-bond donors (Lipinski definition) is 1. The summed E-state index contributed by atoms with van der Waals surface area (Å²) < 4.78 is 2.01. The number of Topliss-reactive ketones (excluding diaryl/α,β-unsaturated/α-hetero) is 1. The highest BCUT2D eigenvalue weighted by Gasteiger charge is 2.27. The summed E-state index contributed by atoms with van der Waals surface area (Å²) in [6.45, 7) is 8.33. The number of carbonyl (C=O) groups excluding carboxylic acids is 1. The number of aromatic nitrogens is 2. The van der Waals surface area contributed by atoms with Crippen molar-refractivity contribution in [2.75, 3.05) is 19.3 Å². The van der Waals surface area contributed by atoms with Crippen molar-refractivity contribution in [2.24, 2.45) is 19.5 Å². The summed E-state index contributed by atoms with van der Waals surface area (Å²) in [7, 11) is 4.61. The summed E-state index contributed by atoms with van der Waals surface area (Å²) in [6.07, 6.45) is 0. The molecule has 124 valence electrons. The van der Waals surface area contributed by atoms with Crippen LogP contribution in [0.5, 0.6) is 0 Å². The number of nitrogens with two attached hydrogens (primary N) is 1. The SMILES string of the molecule is C[C@@H](N(C)CC(=O)c1c(N)n(C)c(=O)n(C)c1=O)C(C)(C)C. The van der Waals surface area contributed by atoms with Crippen LogP contribution in [-0.2, 0) is 14.1 Å². The lowest BCUT2D eigenvalue weighted by Crippen LogP contribution is -2.45. The number of anilines is 1. The Bertz CT molecular complexity index is 694. The number of ketones is 1. The van der Waals surface area contributed by atoms with Crippen LogP contribution < -0.4 is 17.0 Å². The minimum atomic E-state index is -0.651. The van der Waals surface area contributed by atoms with Gasteiger partial charge in [0.15, 0.2) is 5.78 Å². The van der Waals surface area contributed by atoms with Crippen molar-refractivity contribution in [3.8, 4) is 0 Å². The van der Waals surface area contributed by atoms with E-state index in [9.17, 15) is 14.4 Å². The van der Waals surface area contributed by atoms with E-state index in [0.717, 1.165) is 9.13 Å². The summed E-state index contributed by atoms with van der Waals surface area (Å²) in [5, 5.41) is 0. The molecule has 2 N–H and O–H groups in total. The monoisotopic (exact) mass is 310 g/mol. The van der Waals surface area contributed by atoms with E-state index in [4.69, 9.17) is 5.73 Å². The van der Waals surface area contributed by atoms with Crippen LogP contribution in [0.3, 0.4) is 0 Å². The number of carbonyl (C=O) groups is 1. The van der Waals surface area contributed by atoms with Crippen LogP contribution in [0.15, 0.2) is 9.59 Å². The molecule has 0 saturated carbocycles. The van der Waals surface area contributed by atoms with Crippen LogP contribution in [0.2, 0.25) is 0 Å². The molecule has 0 aliphatic heterocycles. The van der Waals surface area contributed by atoms with Gasteiger partial charge >= 0.3 is 5.69 Å². The summed E-state index contributed by atoms with van der Waals surface area (Å²) in [4.78, 5) is 38.3. The molecule has 0 amide bonds. The Kier molecular flexibility index (Phi) is 5.02.